The molecule has 0 aliphatic carbocycles. The summed E-state index contributed by atoms with van der Waals surface area (Å²) < 4.78 is 8.12. The molecule has 2 heterocycles. The van der Waals surface area contributed by atoms with Crippen LogP contribution in [0.5, 0.6) is 0 Å². The molecule has 0 N–H and O–H groups in total. The lowest BCUT2D eigenvalue weighted by Gasteiger charge is -2.19. The van der Waals surface area contributed by atoms with E-state index in [2.05, 4.69) is 17.6 Å². The highest BCUT2D eigenvalue weighted by atomic mass is 35.5. The van der Waals surface area contributed by atoms with E-state index in [0.717, 1.165) is 54.3 Å². The molecule has 0 saturated carbocycles. The van der Waals surface area contributed by atoms with Gasteiger partial charge < -0.3 is 9.30 Å². The highest BCUT2D eigenvalue weighted by molar-refractivity contribution is 6.31. The van der Waals surface area contributed by atoms with Crippen molar-refractivity contribution in [3.63, 3.8) is 0 Å². The van der Waals surface area contributed by atoms with E-state index in [-0.39, 0.29) is 0 Å². The average Bonchev–Trinajstić information content (AvgIpc) is 3.04. The molecule has 1 aromatic heterocycles. The number of benzene rings is 1. The van der Waals surface area contributed by atoms with Crippen molar-refractivity contribution in [2.75, 3.05) is 12.5 Å². The predicted octanol–water partition coefficient (Wildman–Crippen LogP) is 4.29. The first kappa shape index (κ1) is 15.1. The molecule has 1 saturated heterocycles. The second kappa shape index (κ2) is 6.55. The summed E-state index contributed by atoms with van der Waals surface area (Å²) in [6, 6.07) is 5.90. The number of alkyl halides is 1. The van der Waals surface area contributed by atoms with E-state index < -0.39 is 0 Å². The lowest BCUT2D eigenvalue weighted by molar-refractivity contribution is 0.0836. The van der Waals surface area contributed by atoms with Crippen LogP contribution < -0.4 is 0 Å². The Morgan fingerprint density at radius 3 is 3.05 bits per heavy atom. The SMILES string of the molecule is CCC1OCCC1Cn1c(CCCl)nc2cc(Cl)ccc21. The second-order valence-electron chi connectivity index (χ2n) is 5.58. The summed E-state index contributed by atoms with van der Waals surface area (Å²) in [5.74, 6) is 2.18. The van der Waals surface area contributed by atoms with Gasteiger partial charge in [0.25, 0.3) is 0 Å². The molecular weight excluding hydrogens is 307 g/mol. The Morgan fingerprint density at radius 2 is 2.29 bits per heavy atom. The van der Waals surface area contributed by atoms with Crippen molar-refractivity contribution in [1.82, 2.24) is 9.55 Å². The topological polar surface area (TPSA) is 27.1 Å². The number of rotatable bonds is 5. The maximum atomic E-state index is 6.08. The molecule has 1 aliphatic rings. The van der Waals surface area contributed by atoms with E-state index >= 15 is 0 Å². The predicted molar refractivity (Wildman–Crippen MR) is 87.3 cm³/mol. The molecule has 3 rings (SSSR count). The Morgan fingerprint density at radius 1 is 1.43 bits per heavy atom. The van der Waals surface area contributed by atoms with Crippen LogP contribution in [0.4, 0.5) is 0 Å². The summed E-state index contributed by atoms with van der Waals surface area (Å²) in [5.41, 5.74) is 2.09. The van der Waals surface area contributed by atoms with Gasteiger partial charge in [0.15, 0.2) is 0 Å². The lowest BCUT2D eigenvalue weighted by Crippen LogP contribution is -2.21. The van der Waals surface area contributed by atoms with Crippen molar-refractivity contribution in [2.45, 2.75) is 38.8 Å². The molecule has 114 valence electrons. The van der Waals surface area contributed by atoms with Gasteiger partial charge in [-0.05, 0) is 31.0 Å². The van der Waals surface area contributed by atoms with E-state index in [0.29, 0.717) is 17.9 Å². The van der Waals surface area contributed by atoms with Gasteiger partial charge in [0, 0.05) is 36.4 Å². The smallest absolute Gasteiger partial charge is 0.111 e. The van der Waals surface area contributed by atoms with Crippen molar-refractivity contribution in [3.05, 3.63) is 29.0 Å². The van der Waals surface area contributed by atoms with Crippen LogP contribution in [0.15, 0.2) is 18.2 Å². The van der Waals surface area contributed by atoms with Crippen LogP contribution in [0.2, 0.25) is 5.02 Å². The maximum absolute atomic E-state index is 6.08. The fraction of sp³-hybridized carbons (Fsp3) is 0.562. The van der Waals surface area contributed by atoms with Crippen LogP contribution in [-0.4, -0.2) is 28.1 Å². The maximum Gasteiger partial charge on any atom is 0.111 e. The van der Waals surface area contributed by atoms with Crippen LogP contribution in [0.3, 0.4) is 0 Å². The number of fused-ring (bicyclic) bond motifs is 1. The van der Waals surface area contributed by atoms with Crippen molar-refractivity contribution >= 4 is 34.2 Å². The molecule has 3 nitrogen and oxygen atoms in total. The summed E-state index contributed by atoms with van der Waals surface area (Å²) in [6.45, 7) is 4.00. The molecule has 0 spiro atoms. The fourth-order valence-corrected chi connectivity index (χ4v) is 3.55. The third-order valence-corrected chi connectivity index (χ3v) is 4.70. The Kier molecular flexibility index (Phi) is 4.72. The normalized spacial score (nSPS) is 22.2. The molecular formula is C16H20Cl2N2O. The van der Waals surface area contributed by atoms with E-state index in [1.54, 1.807) is 0 Å². The number of hydrogen-bond acceptors (Lipinski definition) is 2. The van der Waals surface area contributed by atoms with E-state index in [9.17, 15) is 0 Å². The number of aromatic nitrogens is 2. The standard InChI is InChI=1S/C16H20Cl2N2O/c1-2-15-11(6-8-21-15)10-20-14-4-3-12(18)9-13(14)19-16(20)5-7-17/h3-4,9,11,15H,2,5-8,10H2,1H3. The Balaban J connectivity index is 1.96. The first-order valence-electron chi connectivity index (χ1n) is 7.55. The van der Waals surface area contributed by atoms with Crippen molar-refractivity contribution < 1.29 is 4.74 Å². The number of halogens is 2. The molecule has 21 heavy (non-hydrogen) atoms. The number of aryl methyl sites for hydroxylation is 1. The molecule has 0 amide bonds. The highest BCUT2D eigenvalue weighted by Gasteiger charge is 2.28. The van der Waals surface area contributed by atoms with Gasteiger partial charge in [-0.2, -0.15) is 0 Å². The molecule has 2 aromatic rings. The highest BCUT2D eigenvalue weighted by Crippen LogP contribution is 2.28. The van der Waals surface area contributed by atoms with Gasteiger partial charge in [-0.15, -0.1) is 11.6 Å². The average molecular weight is 327 g/mol. The van der Waals surface area contributed by atoms with Crippen molar-refractivity contribution in [3.8, 4) is 0 Å². The zero-order valence-corrected chi connectivity index (χ0v) is 13.7. The number of hydrogen-bond donors (Lipinski definition) is 0. The third kappa shape index (κ3) is 3.05. The van der Waals surface area contributed by atoms with Gasteiger partial charge in [-0.3, -0.25) is 0 Å². The molecule has 1 fully saturated rings. The van der Waals surface area contributed by atoms with E-state index in [4.69, 9.17) is 32.9 Å². The van der Waals surface area contributed by atoms with E-state index in [1.165, 1.54) is 0 Å². The Bertz CT molecular complexity index is 626. The van der Waals surface area contributed by atoms with Gasteiger partial charge in [0.1, 0.15) is 5.82 Å². The van der Waals surface area contributed by atoms with Gasteiger partial charge in [-0.1, -0.05) is 18.5 Å². The van der Waals surface area contributed by atoms with Crippen LogP contribution >= 0.6 is 23.2 Å². The summed E-state index contributed by atoms with van der Waals surface area (Å²) in [4.78, 5) is 4.71. The van der Waals surface area contributed by atoms with Crippen LogP contribution in [0.25, 0.3) is 11.0 Å². The largest absolute Gasteiger partial charge is 0.378 e. The molecule has 1 aromatic carbocycles. The Hall–Kier alpha value is -0.770. The van der Waals surface area contributed by atoms with E-state index in [1.807, 2.05) is 12.1 Å². The fourth-order valence-electron chi connectivity index (χ4n) is 3.22. The Labute approximate surface area is 135 Å². The number of ether oxygens (including phenoxy) is 1. The first-order valence-corrected chi connectivity index (χ1v) is 8.46. The van der Waals surface area contributed by atoms with Gasteiger partial charge in [0.05, 0.1) is 17.1 Å². The molecule has 0 radical (unpaired) electrons. The molecule has 2 unspecified atom stereocenters. The number of imidazole rings is 1. The zero-order chi connectivity index (χ0) is 14.8. The van der Waals surface area contributed by atoms with Gasteiger partial charge >= 0.3 is 0 Å². The van der Waals surface area contributed by atoms with Crippen molar-refractivity contribution in [1.29, 1.82) is 0 Å². The summed E-state index contributed by atoms with van der Waals surface area (Å²) in [7, 11) is 0. The molecule has 5 heteroatoms. The minimum absolute atomic E-state index is 0.360. The summed E-state index contributed by atoms with van der Waals surface area (Å²) in [5, 5.41) is 0.722. The van der Waals surface area contributed by atoms with Crippen LogP contribution in [0, 0.1) is 5.92 Å². The lowest BCUT2D eigenvalue weighted by atomic mass is 9.99. The first-order chi connectivity index (χ1) is 10.2. The molecule has 0 bridgehead atoms. The molecule has 1 aliphatic heterocycles. The van der Waals surface area contributed by atoms with Gasteiger partial charge in [-0.25, -0.2) is 4.98 Å². The summed E-state index contributed by atoms with van der Waals surface area (Å²) >= 11 is 12.0. The van der Waals surface area contributed by atoms with Crippen LogP contribution in [0.1, 0.15) is 25.6 Å². The summed E-state index contributed by atoms with van der Waals surface area (Å²) in [6.07, 6.45) is 3.32. The zero-order valence-electron chi connectivity index (χ0n) is 12.2. The van der Waals surface area contributed by atoms with Crippen molar-refractivity contribution in [2.24, 2.45) is 5.92 Å². The third-order valence-electron chi connectivity index (χ3n) is 4.27. The van der Waals surface area contributed by atoms with Crippen LogP contribution in [-0.2, 0) is 17.7 Å². The second-order valence-corrected chi connectivity index (χ2v) is 6.39. The quantitative estimate of drug-likeness (QED) is 0.766. The minimum Gasteiger partial charge on any atom is -0.378 e. The number of nitrogens with zero attached hydrogens (tertiary/aromatic N) is 2. The monoisotopic (exact) mass is 326 g/mol. The molecule has 2 atom stereocenters. The van der Waals surface area contributed by atoms with Gasteiger partial charge in [0.2, 0.25) is 0 Å². The minimum atomic E-state index is 0.360.